The first-order valence-electron chi connectivity index (χ1n) is 8.49. The number of hydrogen-bond donors (Lipinski definition) is 2. The van der Waals surface area contributed by atoms with E-state index in [0.717, 1.165) is 5.56 Å². The van der Waals surface area contributed by atoms with Gasteiger partial charge in [-0.05, 0) is 50.6 Å². The van der Waals surface area contributed by atoms with Crippen molar-refractivity contribution in [2.45, 2.75) is 32.9 Å². The van der Waals surface area contributed by atoms with Crippen molar-refractivity contribution in [3.05, 3.63) is 64.2 Å². The maximum absolute atomic E-state index is 12.6. The van der Waals surface area contributed by atoms with Gasteiger partial charge >= 0.3 is 6.03 Å². The molecule has 0 aromatic heterocycles. The van der Waals surface area contributed by atoms with Crippen LogP contribution in [-0.2, 0) is 6.54 Å². The second-order valence-corrected chi connectivity index (χ2v) is 7.68. The fraction of sp³-hybridized carbons (Fsp3) is 0.250. The van der Waals surface area contributed by atoms with Gasteiger partial charge in [-0.15, -0.1) is 0 Å². The molecule has 6 nitrogen and oxygen atoms in total. The quantitative estimate of drug-likeness (QED) is 0.782. The van der Waals surface area contributed by atoms with Crippen LogP contribution < -0.4 is 10.6 Å². The third-order valence-corrected chi connectivity index (χ3v) is 4.58. The molecule has 0 radical (unpaired) electrons. The average Bonchev–Trinajstić information content (AvgIpc) is 2.84. The Morgan fingerprint density at radius 2 is 1.70 bits per heavy atom. The van der Waals surface area contributed by atoms with Gasteiger partial charge in [-0.2, -0.15) is 0 Å². The molecule has 0 saturated heterocycles. The number of nitrogens with one attached hydrogen (secondary N) is 2. The summed E-state index contributed by atoms with van der Waals surface area (Å²) in [6.07, 6.45) is 0. The number of carbonyl (C=O) groups excluding carboxylic acids is 3. The molecule has 4 amide bonds. The number of fused-ring (bicyclic) bond motifs is 1. The van der Waals surface area contributed by atoms with Crippen LogP contribution in [0.15, 0.2) is 42.5 Å². The van der Waals surface area contributed by atoms with E-state index in [9.17, 15) is 14.4 Å². The van der Waals surface area contributed by atoms with Gasteiger partial charge in [0.1, 0.15) is 0 Å². The smallest absolute Gasteiger partial charge is 0.319 e. The zero-order chi connectivity index (χ0) is 19.8. The van der Waals surface area contributed by atoms with Crippen LogP contribution in [0.2, 0.25) is 5.02 Å². The highest BCUT2D eigenvalue weighted by atomic mass is 35.5. The second-order valence-electron chi connectivity index (χ2n) is 7.28. The number of hydrogen-bond acceptors (Lipinski definition) is 3. The summed E-state index contributed by atoms with van der Waals surface area (Å²) < 4.78 is 0. The molecule has 1 heterocycles. The predicted molar refractivity (Wildman–Crippen MR) is 104 cm³/mol. The van der Waals surface area contributed by atoms with Gasteiger partial charge in [0.05, 0.1) is 11.1 Å². The number of urea groups is 1. The summed E-state index contributed by atoms with van der Waals surface area (Å²) in [5.41, 5.74) is 1.25. The van der Waals surface area contributed by atoms with E-state index in [1.165, 1.54) is 11.0 Å². The van der Waals surface area contributed by atoms with Crippen LogP contribution in [-0.4, -0.2) is 28.3 Å². The second kappa shape index (κ2) is 7.04. The van der Waals surface area contributed by atoms with Gasteiger partial charge in [-0.25, -0.2) is 4.79 Å². The molecule has 140 valence electrons. The minimum absolute atomic E-state index is 0.270. The fourth-order valence-corrected chi connectivity index (χ4v) is 3.12. The molecule has 0 saturated carbocycles. The summed E-state index contributed by atoms with van der Waals surface area (Å²) in [7, 11) is 0. The van der Waals surface area contributed by atoms with E-state index in [-0.39, 0.29) is 18.4 Å². The Bertz CT molecular complexity index is 934. The Morgan fingerprint density at radius 3 is 2.37 bits per heavy atom. The van der Waals surface area contributed by atoms with Crippen LogP contribution in [0.1, 0.15) is 47.1 Å². The van der Waals surface area contributed by atoms with Gasteiger partial charge in [0, 0.05) is 22.8 Å². The monoisotopic (exact) mass is 385 g/mol. The number of anilines is 1. The van der Waals surface area contributed by atoms with Crippen molar-refractivity contribution in [3.8, 4) is 0 Å². The molecule has 3 rings (SSSR count). The summed E-state index contributed by atoms with van der Waals surface area (Å²) in [6, 6.07) is 11.5. The Morgan fingerprint density at radius 1 is 1.04 bits per heavy atom. The molecule has 2 aromatic rings. The summed E-state index contributed by atoms with van der Waals surface area (Å²) in [4.78, 5) is 38.4. The molecule has 0 fully saturated rings. The topological polar surface area (TPSA) is 78.5 Å². The molecule has 0 aliphatic carbocycles. The van der Waals surface area contributed by atoms with Crippen LogP contribution in [0.4, 0.5) is 10.5 Å². The first-order chi connectivity index (χ1) is 12.7. The molecule has 0 spiro atoms. The van der Waals surface area contributed by atoms with E-state index in [1.807, 2.05) is 18.2 Å². The number of imide groups is 1. The van der Waals surface area contributed by atoms with Gasteiger partial charge in [-0.1, -0.05) is 29.8 Å². The summed E-state index contributed by atoms with van der Waals surface area (Å²) in [5, 5.41) is 5.96. The number of halogens is 1. The Balaban J connectivity index is 1.71. The molecular formula is C20H20ClN3O3. The Hall–Kier alpha value is -2.86. The number of carbonyl (C=O) groups is 3. The van der Waals surface area contributed by atoms with Crippen molar-refractivity contribution in [1.82, 2.24) is 10.2 Å². The third-order valence-electron chi connectivity index (χ3n) is 4.21. The minimum Gasteiger partial charge on any atom is -0.334 e. The van der Waals surface area contributed by atoms with Gasteiger partial charge < -0.3 is 10.6 Å². The highest BCUT2D eigenvalue weighted by Crippen LogP contribution is 2.30. The molecular weight excluding hydrogens is 366 g/mol. The van der Waals surface area contributed by atoms with Crippen LogP contribution in [0.25, 0.3) is 0 Å². The van der Waals surface area contributed by atoms with Crippen LogP contribution in [0.5, 0.6) is 0 Å². The van der Waals surface area contributed by atoms with Crippen LogP contribution >= 0.6 is 11.6 Å². The molecule has 1 aliphatic rings. The largest absolute Gasteiger partial charge is 0.334 e. The number of benzene rings is 2. The van der Waals surface area contributed by atoms with Gasteiger partial charge in [0.15, 0.2) is 0 Å². The standard InChI is InChI=1S/C20H20ClN3O3/c1-20(2,3)24-17(25)14-9-8-13(10-15(14)18(24)26)23-19(27)22-11-12-6-4-5-7-16(12)21/h4-10H,11H2,1-3H3,(H2,22,23,27). The van der Waals surface area contributed by atoms with Crippen LogP contribution in [0, 0.1) is 0 Å². The molecule has 2 N–H and O–H groups in total. The van der Waals surface area contributed by atoms with Crippen molar-refractivity contribution >= 4 is 35.1 Å². The maximum Gasteiger partial charge on any atom is 0.319 e. The lowest BCUT2D eigenvalue weighted by atomic mass is 10.1. The fourth-order valence-electron chi connectivity index (χ4n) is 2.92. The lowest BCUT2D eigenvalue weighted by Crippen LogP contribution is -2.45. The van der Waals surface area contributed by atoms with Crippen LogP contribution in [0.3, 0.4) is 0 Å². The highest BCUT2D eigenvalue weighted by Gasteiger charge is 2.41. The Kier molecular flexibility index (Phi) is 4.93. The van der Waals surface area contributed by atoms with Gasteiger partial charge in [0.2, 0.25) is 0 Å². The number of nitrogens with zero attached hydrogens (tertiary/aromatic N) is 1. The van der Waals surface area contributed by atoms with E-state index >= 15 is 0 Å². The zero-order valence-corrected chi connectivity index (χ0v) is 16.1. The van der Waals surface area contributed by atoms with E-state index in [0.29, 0.717) is 21.8 Å². The van der Waals surface area contributed by atoms with E-state index < -0.39 is 11.6 Å². The molecule has 0 unspecified atom stereocenters. The summed E-state index contributed by atoms with van der Waals surface area (Å²) >= 11 is 6.07. The maximum atomic E-state index is 12.6. The van der Waals surface area contributed by atoms with E-state index in [2.05, 4.69) is 10.6 Å². The number of amides is 4. The van der Waals surface area contributed by atoms with Crippen molar-refractivity contribution < 1.29 is 14.4 Å². The summed E-state index contributed by atoms with van der Waals surface area (Å²) in [5.74, 6) is -0.681. The molecule has 0 bridgehead atoms. The summed E-state index contributed by atoms with van der Waals surface area (Å²) in [6.45, 7) is 5.67. The predicted octanol–water partition coefficient (Wildman–Crippen LogP) is 4.06. The first kappa shape index (κ1) is 18.9. The van der Waals surface area contributed by atoms with Gasteiger partial charge in [-0.3, -0.25) is 14.5 Å². The molecule has 7 heteroatoms. The molecule has 2 aromatic carbocycles. The third kappa shape index (κ3) is 3.80. The van der Waals surface area contributed by atoms with Crippen molar-refractivity contribution in [3.63, 3.8) is 0 Å². The van der Waals surface area contributed by atoms with Crippen molar-refractivity contribution in [1.29, 1.82) is 0 Å². The Labute approximate surface area is 162 Å². The molecule has 0 atom stereocenters. The zero-order valence-electron chi connectivity index (χ0n) is 15.3. The minimum atomic E-state index is -0.618. The number of rotatable bonds is 3. The van der Waals surface area contributed by atoms with E-state index in [4.69, 9.17) is 11.6 Å². The van der Waals surface area contributed by atoms with Crippen molar-refractivity contribution in [2.24, 2.45) is 0 Å². The normalized spacial score (nSPS) is 13.6. The van der Waals surface area contributed by atoms with Gasteiger partial charge in [0.25, 0.3) is 11.8 Å². The SMILES string of the molecule is CC(C)(C)N1C(=O)c2ccc(NC(=O)NCc3ccccc3Cl)cc2C1=O. The molecule has 1 aliphatic heterocycles. The van der Waals surface area contributed by atoms with E-state index in [1.54, 1.807) is 39.0 Å². The lowest BCUT2D eigenvalue weighted by Gasteiger charge is -2.29. The molecule has 27 heavy (non-hydrogen) atoms. The average molecular weight is 386 g/mol. The first-order valence-corrected chi connectivity index (χ1v) is 8.87. The lowest BCUT2D eigenvalue weighted by molar-refractivity contribution is 0.0507. The van der Waals surface area contributed by atoms with Crippen molar-refractivity contribution in [2.75, 3.05) is 5.32 Å². The highest BCUT2D eigenvalue weighted by molar-refractivity contribution is 6.31.